The van der Waals surface area contributed by atoms with E-state index in [9.17, 15) is 4.79 Å². The molecule has 15 heavy (non-hydrogen) atoms. The number of carboxylic acid groups (broad SMARTS) is 1. The molecule has 3 heteroatoms. The van der Waals surface area contributed by atoms with Gasteiger partial charge >= 0.3 is 5.97 Å². The third-order valence-electron chi connectivity index (χ3n) is 2.53. The molecular formula is C12H13NO2. The lowest BCUT2D eigenvalue weighted by atomic mass is 10.2. The van der Waals surface area contributed by atoms with Crippen molar-refractivity contribution in [2.45, 2.75) is 19.9 Å². The molecule has 1 aromatic carbocycles. The van der Waals surface area contributed by atoms with Gasteiger partial charge in [0.15, 0.2) is 0 Å². The molecule has 0 amide bonds. The maximum Gasteiger partial charge on any atom is 0.337 e. The van der Waals surface area contributed by atoms with E-state index >= 15 is 0 Å². The van der Waals surface area contributed by atoms with Crippen LogP contribution in [0.4, 0.5) is 0 Å². The molecule has 0 saturated carbocycles. The average Bonchev–Trinajstić information content (AvgIpc) is 2.56. The second kappa shape index (κ2) is 3.42. The number of carboxylic acids is 1. The molecule has 0 aliphatic rings. The van der Waals surface area contributed by atoms with Gasteiger partial charge in [-0.25, -0.2) is 4.79 Å². The Morgan fingerprint density at radius 1 is 1.33 bits per heavy atom. The zero-order chi connectivity index (χ0) is 11.0. The second-order valence-corrected chi connectivity index (χ2v) is 3.87. The summed E-state index contributed by atoms with van der Waals surface area (Å²) in [6.45, 7) is 4.08. The van der Waals surface area contributed by atoms with Crippen LogP contribution in [-0.2, 0) is 0 Å². The molecule has 2 aromatic rings. The van der Waals surface area contributed by atoms with Gasteiger partial charge in [-0.05, 0) is 19.9 Å². The van der Waals surface area contributed by atoms with E-state index in [1.165, 1.54) is 0 Å². The van der Waals surface area contributed by atoms with Crippen molar-refractivity contribution in [3.05, 3.63) is 36.0 Å². The van der Waals surface area contributed by atoms with Crippen LogP contribution >= 0.6 is 0 Å². The zero-order valence-electron chi connectivity index (χ0n) is 8.77. The summed E-state index contributed by atoms with van der Waals surface area (Å²) < 4.78 is 1.98. The number of fused-ring (bicyclic) bond motifs is 1. The molecule has 78 valence electrons. The highest BCUT2D eigenvalue weighted by Crippen LogP contribution is 2.24. The predicted molar refractivity (Wildman–Crippen MR) is 59.3 cm³/mol. The molecule has 0 fully saturated rings. The summed E-state index contributed by atoms with van der Waals surface area (Å²) in [6, 6.07) is 7.84. The van der Waals surface area contributed by atoms with Crippen molar-refractivity contribution in [2.75, 3.05) is 0 Å². The smallest absolute Gasteiger partial charge is 0.337 e. The normalized spacial score (nSPS) is 11.1. The van der Waals surface area contributed by atoms with Gasteiger partial charge in [0, 0.05) is 23.1 Å². The molecule has 0 aliphatic carbocycles. The van der Waals surface area contributed by atoms with E-state index in [1.54, 1.807) is 6.20 Å². The average molecular weight is 203 g/mol. The van der Waals surface area contributed by atoms with Crippen LogP contribution in [0.1, 0.15) is 30.2 Å². The lowest BCUT2D eigenvalue weighted by Gasteiger charge is -2.08. The quantitative estimate of drug-likeness (QED) is 0.815. The Kier molecular flexibility index (Phi) is 2.23. The Labute approximate surface area is 87.9 Å². The number of aromatic nitrogens is 1. The highest BCUT2D eigenvalue weighted by Gasteiger charge is 2.14. The van der Waals surface area contributed by atoms with Gasteiger partial charge in [0.25, 0.3) is 0 Å². The van der Waals surface area contributed by atoms with Crippen molar-refractivity contribution in [1.82, 2.24) is 4.57 Å². The molecule has 0 atom stereocenters. The van der Waals surface area contributed by atoms with E-state index in [4.69, 9.17) is 5.11 Å². The van der Waals surface area contributed by atoms with E-state index in [1.807, 2.05) is 42.7 Å². The molecule has 0 unspecified atom stereocenters. The number of hydrogen-bond donors (Lipinski definition) is 1. The van der Waals surface area contributed by atoms with Crippen molar-refractivity contribution in [1.29, 1.82) is 0 Å². The molecule has 0 radical (unpaired) electrons. The molecular weight excluding hydrogens is 190 g/mol. The molecule has 0 spiro atoms. The minimum atomic E-state index is -0.870. The molecule has 1 aromatic heterocycles. The first kappa shape index (κ1) is 9.77. The number of para-hydroxylation sites is 1. The topological polar surface area (TPSA) is 42.2 Å². The number of rotatable bonds is 2. The van der Waals surface area contributed by atoms with Crippen LogP contribution in [0.15, 0.2) is 30.5 Å². The van der Waals surface area contributed by atoms with Crippen LogP contribution in [0.2, 0.25) is 0 Å². The van der Waals surface area contributed by atoms with Crippen LogP contribution < -0.4 is 0 Å². The SMILES string of the molecule is CC(C)n1cc(C(=O)O)c2ccccc21. The summed E-state index contributed by atoms with van der Waals surface area (Å²) in [6.07, 6.45) is 1.71. The third kappa shape index (κ3) is 1.50. The summed E-state index contributed by atoms with van der Waals surface area (Å²) in [5, 5.41) is 9.87. The van der Waals surface area contributed by atoms with E-state index < -0.39 is 5.97 Å². The monoisotopic (exact) mass is 203 g/mol. The summed E-state index contributed by atoms with van der Waals surface area (Å²) in [5.41, 5.74) is 1.35. The van der Waals surface area contributed by atoms with Crippen LogP contribution in [0.3, 0.4) is 0 Å². The lowest BCUT2D eigenvalue weighted by Crippen LogP contribution is -1.98. The zero-order valence-corrected chi connectivity index (χ0v) is 8.77. The molecule has 3 nitrogen and oxygen atoms in total. The Morgan fingerprint density at radius 3 is 2.60 bits per heavy atom. The molecule has 0 aliphatic heterocycles. The maximum absolute atomic E-state index is 11.0. The largest absolute Gasteiger partial charge is 0.478 e. The number of carbonyl (C=O) groups is 1. The van der Waals surface area contributed by atoms with Gasteiger partial charge < -0.3 is 9.67 Å². The van der Waals surface area contributed by atoms with Crippen LogP contribution in [0.5, 0.6) is 0 Å². The van der Waals surface area contributed by atoms with Crippen molar-refractivity contribution in [3.63, 3.8) is 0 Å². The van der Waals surface area contributed by atoms with Gasteiger partial charge in [-0.3, -0.25) is 0 Å². The molecule has 2 rings (SSSR count). The van der Waals surface area contributed by atoms with Crippen molar-refractivity contribution >= 4 is 16.9 Å². The first-order chi connectivity index (χ1) is 7.11. The fourth-order valence-electron chi connectivity index (χ4n) is 1.80. The van der Waals surface area contributed by atoms with Crippen LogP contribution in [-0.4, -0.2) is 15.6 Å². The van der Waals surface area contributed by atoms with Crippen LogP contribution in [0, 0.1) is 0 Å². The van der Waals surface area contributed by atoms with Gasteiger partial charge in [0.1, 0.15) is 0 Å². The van der Waals surface area contributed by atoms with Gasteiger partial charge in [-0.2, -0.15) is 0 Å². The summed E-state index contributed by atoms with van der Waals surface area (Å²) in [5.74, 6) is -0.870. The first-order valence-corrected chi connectivity index (χ1v) is 4.94. The minimum Gasteiger partial charge on any atom is -0.478 e. The Bertz CT molecular complexity index is 511. The highest BCUT2D eigenvalue weighted by atomic mass is 16.4. The van der Waals surface area contributed by atoms with Gasteiger partial charge in [0.2, 0.25) is 0 Å². The first-order valence-electron chi connectivity index (χ1n) is 4.94. The van der Waals surface area contributed by atoms with Gasteiger partial charge in [0.05, 0.1) is 5.56 Å². The van der Waals surface area contributed by atoms with Gasteiger partial charge in [-0.15, -0.1) is 0 Å². The minimum absolute atomic E-state index is 0.267. The number of hydrogen-bond acceptors (Lipinski definition) is 1. The standard InChI is InChI=1S/C12H13NO2/c1-8(2)13-7-10(12(14)15)9-5-3-4-6-11(9)13/h3-8H,1-2H3,(H,14,15). The van der Waals surface area contributed by atoms with Crippen molar-refractivity contribution < 1.29 is 9.90 Å². The summed E-state index contributed by atoms with van der Waals surface area (Å²) in [4.78, 5) is 11.0. The second-order valence-electron chi connectivity index (χ2n) is 3.87. The number of nitrogens with zero attached hydrogens (tertiary/aromatic N) is 1. The Hall–Kier alpha value is -1.77. The Morgan fingerprint density at radius 2 is 2.00 bits per heavy atom. The molecule has 1 N–H and O–H groups in total. The fraction of sp³-hybridized carbons (Fsp3) is 0.250. The molecule has 1 heterocycles. The van der Waals surface area contributed by atoms with E-state index in [-0.39, 0.29) is 6.04 Å². The predicted octanol–water partition coefficient (Wildman–Crippen LogP) is 2.92. The lowest BCUT2D eigenvalue weighted by molar-refractivity contribution is 0.0699. The van der Waals surface area contributed by atoms with Crippen molar-refractivity contribution in [3.8, 4) is 0 Å². The van der Waals surface area contributed by atoms with E-state index in [0.29, 0.717) is 5.56 Å². The van der Waals surface area contributed by atoms with Crippen molar-refractivity contribution in [2.24, 2.45) is 0 Å². The number of aromatic carboxylic acids is 1. The maximum atomic E-state index is 11.0. The third-order valence-corrected chi connectivity index (χ3v) is 2.53. The van der Waals surface area contributed by atoms with Crippen LogP contribution in [0.25, 0.3) is 10.9 Å². The molecule has 0 saturated heterocycles. The summed E-state index contributed by atoms with van der Waals surface area (Å²) >= 11 is 0. The molecule has 0 bridgehead atoms. The summed E-state index contributed by atoms with van der Waals surface area (Å²) in [7, 11) is 0. The fourth-order valence-corrected chi connectivity index (χ4v) is 1.80. The van der Waals surface area contributed by atoms with E-state index in [2.05, 4.69) is 0 Å². The highest BCUT2D eigenvalue weighted by molar-refractivity contribution is 6.03. The van der Waals surface area contributed by atoms with E-state index in [0.717, 1.165) is 10.9 Å². The number of benzene rings is 1. The Balaban J connectivity index is 2.79. The van der Waals surface area contributed by atoms with Gasteiger partial charge in [-0.1, -0.05) is 18.2 Å².